The second-order valence-corrected chi connectivity index (χ2v) is 9.14. The minimum Gasteiger partial charge on any atom is -0.294 e. The lowest BCUT2D eigenvalue weighted by molar-refractivity contribution is 0.0898. The summed E-state index contributed by atoms with van der Waals surface area (Å²) < 4.78 is 0. The van der Waals surface area contributed by atoms with Gasteiger partial charge in [0.2, 0.25) is 0 Å². The van der Waals surface area contributed by atoms with Crippen LogP contribution >= 0.6 is 11.8 Å². The fourth-order valence-corrected chi connectivity index (χ4v) is 6.59. The Morgan fingerprint density at radius 3 is 2.24 bits per heavy atom. The number of fused-ring (bicyclic) bond motifs is 5. The molecule has 5 rings (SSSR count). The van der Waals surface area contributed by atoms with Gasteiger partial charge in [-0.1, -0.05) is 55.0 Å². The summed E-state index contributed by atoms with van der Waals surface area (Å²) in [5.41, 5.74) is 0.935. The van der Waals surface area contributed by atoms with Crippen molar-refractivity contribution < 1.29 is 4.79 Å². The summed E-state index contributed by atoms with van der Waals surface area (Å²) in [4.78, 5) is 13.5. The normalized spacial score (nSPS) is 26.0. The van der Waals surface area contributed by atoms with Gasteiger partial charge in [-0.3, -0.25) is 4.79 Å². The number of rotatable bonds is 2. The molecule has 2 bridgehead atoms. The number of hydrogen-bond donors (Lipinski definition) is 0. The quantitative estimate of drug-likeness (QED) is 0.403. The van der Waals surface area contributed by atoms with Crippen molar-refractivity contribution in [3.05, 3.63) is 60.2 Å². The molecule has 0 saturated carbocycles. The molecule has 2 aliphatic heterocycles. The molecular weight excluding hydrogens is 324 g/mol. The van der Waals surface area contributed by atoms with Crippen molar-refractivity contribution in [2.24, 2.45) is 5.92 Å². The van der Waals surface area contributed by atoms with Gasteiger partial charge in [-0.05, 0) is 53.3 Å². The molecule has 0 aliphatic carbocycles. The maximum Gasteiger partial charge on any atom is 0.166 e. The standard InChI is InChI=1S/C23H22OS/c24-23(16-12-17-7-5-8-18(13-16)25-17)22-14-15-6-1-2-9-19(15)20-10-3-4-11-21(20)22/h1-4,6,9-11,14,16-18H,5,7-8,12-13H2. The van der Waals surface area contributed by atoms with Gasteiger partial charge < -0.3 is 0 Å². The first-order valence-electron chi connectivity index (χ1n) is 9.40. The molecule has 0 radical (unpaired) electrons. The van der Waals surface area contributed by atoms with E-state index < -0.39 is 0 Å². The average molecular weight is 346 g/mol. The molecule has 3 aromatic rings. The number of carbonyl (C=O) groups excluding carboxylic acids is 1. The molecule has 2 heterocycles. The van der Waals surface area contributed by atoms with Gasteiger partial charge in [-0.25, -0.2) is 0 Å². The minimum absolute atomic E-state index is 0.209. The van der Waals surface area contributed by atoms with Crippen molar-refractivity contribution in [1.82, 2.24) is 0 Å². The largest absolute Gasteiger partial charge is 0.294 e. The lowest BCUT2D eigenvalue weighted by Gasteiger charge is -2.38. The minimum atomic E-state index is 0.209. The SMILES string of the molecule is O=C(c1cc2ccccc2c2ccccc12)C1CC2CCCC(C1)S2. The highest BCUT2D eigenvalue weighted by Gasteiger charge is 2.36. The molecule has 2 heteroatoms. The van der Waals surface area contributed by atoms with E-state index >= 15 is 0 Å². The smallest absolute Gasteiger partial charge is 0.166 e. The second kappa shape index (κ2) is 6.17. The summed E-state index contributed by atoms with van der Waals surface area (Å²) in [7, 11) is 0. The van der Waals surface area contributed by atoms with Crippen LogP contribution in [-0.4, -0.2) is 16.3 Å². The Morgan fingerprint density at radius 1 is 0.840 bits per heavy atom. The third-order valence-electron chi connectivity index (χ3n) is 5.94. The van der Waals surface area contributed by atoms with Crippen LogP contribution in [0.1, 0.15) is 42.5 Å². The molecule has 0 spiro atoms. The van der Waals surface area contributed by atoms with Gasteiger partial charge in [0.15, 0.2) is 5.78 Å². The van der Waals surface area contributed by atoms with Crippen LogP contribution in [0.25, 0.3) is 21.5 Å². The van der Waals surface area contributed by atoms with Crippen LogP contribution in [0.5, 0.6) is 0 Å². The zero-order chi connectivity index (χ0) is 16.8. The molecule has 1 nitrogen and oxygen atoms in total. The Balaban J connectivity index is 1.62. The molecule has 3 aromatic carbocycles. The lowest BCUT2D eigenvalue weighted by atomic mass is 9.82. The molecule has 2 saturated heterocycles. The van der Waals surface area contributed by atoms with Crippen molar-refractivity contribution >= 4 is 39.1 Å². The molecule has 2 unspecified atom stereocenters. The Labute approximate surface area is 152 Å². The highest BCUT2D eigenvalue weighted by atomic mass is 32.2. The van der Waals surface area contributed by atoms with Crippen molar-refractivity contribution in [3.63, 3.8) is 0 Å². The maximum atomic E-state index is 13.5. The van der Waals surface area contributed by atoms with Crippen LogP contribution < -0.4 is 0 Å². The highest BCUT2D eigenvalue weighted by molar-refractivity contribution is 8.00. The zero-order valence-electron chi connectivity index (χ0n) is 14.3. The van der Waals surface area contributed by atoms with Crippen LogP contribution in [0, 0.1) is 5.92 Å². The van der Waals surface area contributed by atoms with Crippen LogP contribution in [0.2, 0.25) is 0 Å². The zero-order valence-corrected chi connectivity index (χ0v) is 15.1. The summed E-state index contributed by atoms with van der Waals surface area (Å²) in [5.74, 6) is 0.584. The summed E-state index contributed by atoms with van der Waals surface area (Å²) in [5, 5.41) is 6.14. The first-order chi connectivity index (χ1) is 12.3. The number of benzene rings is 3. The average Bonchev–Trinajstić information content (AvgIpc) is 2.66. The summed E-state index contributed by atoms with van der Waals surface area (Å²) >= 11 is 2.14. The molecule has 2 aliphatic rings. The third-order valence-corrected chi connectivity index (χ3v) is 7.56. The second-order valence-electron chi connectivity index (χ2n) is 7.53. The predicted molar refractivity (Wildman–Crippen MR) is 108 cm³/mol. The van der Waals surface area contributed by atoms with E-state index in [9.17, 15) is 4.79 Å². The van der Waals surface area contributed by atoms with Crippen LogP contribution in [0.4, 0.5) is 0 Å². The van der Waals surface area contributed by atoms with Gasteiger partial charge in [0.25, 0.3) is 0 Å². The van der Waals surface area contributed by atoms with Crippen molar-refractivity contribution in [2.75, 3.05) is 0 Å². The molecule has 126 valence electrons. The molecule has 2 atom stereocenters. The van der Waals surface area contributed by atoms with Gasteiger partial charge in [0, 0.05) is 22.0 Å². The summed E-state index contributed by atoms with van der Waals surface area (Å²) in [6.45, 7) is 0. The molecule has 2 fully saturated rings. The van der Waals surface area contributed by atoms with E-state index in [4.69, 9.17) is 0 Å². The Morgan fingerprint density at radius 2 is 1.48 bits per heavy atom. The van der Waals surface area contributed by atoms with Gasteiger partial charge >= 0.3 is 0 Å². The van der Waals surface area contributed by atoms with E-state index in [1.807, 2.05) is 0 Å². The summed E-state index contributed by atoms with van der Waals surface area (Å²) in [6.07, 6.45) is 6.08. The molecule has 0 aromatic heterocycles. The van der Waals surface area contributed by atoms with Crippen LogP contribution in [0.15, 0.2) is 54.6 Å². The van der Waals surface area contributed by atoms with Crippen molar-refractivity contribution in [1.29, 1.82) is 0 Å². The number of hydrogen-bond acceptors (Lipinski definition) is 2. The Hall–Kier alpha value is -1.80. The van der Waals surface area contributed by atoms with Crippen molar-refractivity contribution in [2.45, 2.75) is 42.6 Å². The van der Waals surface area contributed by atoms with Gasteiger partial charge in [-0.15, -0.1) is 0 Å². The Kier molecular flexibility index (Phi) is 3.82. The molecule has 0 N–H and O–H groups in total. The molecular formula is C23H22OS. The number of thioether (sulfide) groups is 1. The fraction of sp³-hybridized carbons (Fsp3) is 0.348. The van der Waals surface area contributed by atoms with E-state index in [1.165, 1.54) is 35.4 Å². The fourth-order valence-electron chi connectivity index (χ4n) is 4.75. The van der Waals surface area contributed by atoms with Gasteiger partial charge in [-0.2, -0.15) is 11.8 Å². The van der Waals surface area contributed by atoms with E-state index in [0.29, 0.717) is 16.3 Å². The summed E-state index contributed by atoms with van der Waals surface area (Å²) in [6, 6.07) is 19.0. The maximum absolute atomic E-state index is 13.5. The molecule has 0 amide bonds. The van der Waals surface area contributed by atoms with Gasteiger partial charge in [0.05, 0.1) is 0 Å². The van der Waals surface area contributed by atoms with E-state index in [2.05, 4.69) is 66.4 Å². The first-order valence-corrected chi connectivity index (χ1v) is 10.3. The van der Waals surface area contributed by atoms with E-state index in [-0.39, 0.29) is 5.92 Å². The number of Topliss-reactive ketones (excluding diaryl/α,β-unsaturated/α-hetero) is 1. The highest BCUT2D eigenvalue weighted by Crippen LogP contribution is 2.45. The Bertz CT molecular complexity index is 949. The van der Waals surface area contributed by atoms with Crippen LogP contribution in [0.3, 0.4) is 0 Å². The monoisotopic (exact) mass is 346 g/mol. The topological polar surface area (TPSA) is 17.1 Å². The predicted octanol–water partition coefficient (Wildman–Crippen LogP) is 6.24. The van der Waals surface area contributed by atoms with Crippen LogP contribution in [-0.2, 0) is 0 Å². The number of ketones is 1. The van der Waals surface area contributed by atoms with E-state index in [1.54, 1.807) is 0 Å². The third kappa shape index (κ3) is 2.67. The van der Waals surface area contributed by atoms with Gasteiger partial charge in [0.1, 0.15) is 0 Å². The molecule has 25 heavy (non-hydrogen) atoms. The van der Waals surface area contributed by atoms with Crippen molar-refractivity contribution in [3.8, 4) is 0 Å². The van der Waals surface area contributed by atoms with E-state index in [0.717, 1.165) is 23.8 Å². The number of carbonyl (C=O) groups is 1. The first kappa shape index (κ1) is 15.5. The lowest BCUT2D eigenvalue weighted by Crippen LogP contribution is -2.33.